The predicted octanol–water partition coefficient (Wildman–Crippen LogP) is -0.175. The van der Waals surface area contributed by atoms with E-state index in [4.69, 9.17) is 5.83 Å². The number of aliphatic hydroxyl groups excluding tert-OH is 3. The molecule has 0 fully saturated rings. The number of hydrogen-bond donors (Lipinski definition) is 4. The Morgan fingerprint density at radius 3 is 2.61 bits per heavy atom. The topological polar surface area (TPSA) is 120 Å². The Kier molecular flexibility index (Phi) is 4.96. The molecule has 124 valence electrons. The highest BCUT2D eigenvalue weighted by Crippen LogP contribution is 2.19. The number of fused-ring (bicyclic) bond motifs is 1. The lowest BCUT2D eigenvalue weighted by atomic mass is 10.0. The van der Waals surface area contributed by atoms with E-state index in [9.17, 15) is 29.3 Å². The minimum Gasteiger partial charge on any atom is -0.423 e. The first kappa shape index (κ1) is 15.6. The van der Waals surface area contributed by atoms with Gasteiger partial charge in [0, 0.05) is 23.2 Å². The van der Waals surface area contributed by atoms with Crippen LogP contribution in [0.25, 0.3) is 11.0 Å². The summed E-state index contributed by atoms with van der Waals surface area (Å²) in [6.45, 7) is -1.32. The molecule has 0 aliphatic carbocycles. The van der Waals surface area contributed by atoms with Crippen molar-refractivity contribution in [2.24, 2.45) is 0 Å². The van der Waals surface area contributed by atoms with E-state index in [0.29, 0.717) is 10.7 Å². The number of anilines is 1. The van der Waals surface area contributed by atoms with E-state index >= 15 is 0 Å². The lowest BCUT2D eigenvalue weighted by Crippen LogP contribution is -2.48. The van der Waals surface area contributed by atoms with Crippen LogP contribution in [0.15, 0.2) is 39.5 Å². The monoisotopic (exact) mass is 326 g/mol. The summed E-state index contributed by atoms with van der Waals surface area (Å²) in [5, 5.41) is 30.0. The minimum atomic E-state index is -1.95. The van der Waals surface area contributed by atoms with Crippen LogP contribution in [0.4, 0.5) is 10.1 Å². The number of carbonyl (C=O) groups is 1. The molecule has 0 aliphatic rings. The summed E-state index contributed by atoms with van der Waals surface area (Å²) in [6, 6.07) is 5.46. The number of nitrogens with one attached hydrogen (secondary N) is 1. The smallest absolute Gasteiger partial charge is 0.336 e. The SMILES string of the molecule is [2H]N(c1ccc2ccc(=O)oc2c1)[C@@H](C=O)[C@@H](O)[C@H](O)[C@H](O)CF. The standard InChI is InChI=1S/C15H16FNO6/c16-6-11(19)15(22)14(21)10(7-18)17-9-3-1-8-2-4-13(20)23-12(8)5-9/h1-5,7,10-11,14-15,17,19,21-22H,6H2/t10-,11+,14+,15+/m0/s1/i/hD. The van der Waals surface area contributed by atoms with Crippen LogP contribution in [0.2, 0.25) is 1.41 Å². The first-order valence-corrected chi connectivity index (χ1v) is 6.76. The molecule has 8 heteroatoms. The van der Waals surface area contributed by atoms with E-state index in [1.165, 1.54) is 30.3 Å². The molecule has 1 aromatic heterocycles. The zero-order valence-electron chi connectivity index (χ0n) is 12.9. The van der Waals surface area contributed by atoms with Crippen molar-refractivity contribution in [2.45, 2.75) is 24.4 Å². The Labute approximate surface area is 131 Å². The number of alkyl halides is 1. The van der Waals surface area contributed by atoms with Crippen LogP contribution < -0.4 is 10.9 Å². The summed E-state index contributed by atoms with van der Waals surface area (Å²) in [4.78, 5) is 22.5. The number of aldehydes is 1. The number of hydrogen-bond acceptors (Lipinski definition) is 7. The van der Waals surface area contributed by atoms with Gasteiger partial charge in [-0.3, -0.25) is 0 Å². The third-order valence-electron chi connectivity index (χ3n) is 3.30. The maximum absolute atomic E-state index is 12.4. The Balaban J connectivity index is 2.32. The molecule has 4 atom stereocenters. The summed E-state index contributed by atoms with van der Waals surface area (Å²) < 4.78 is 25.3. The molecule has 0 amide bonds. The number of benzene rings is 1. The van der Waals surface area contributed by atoms with Crippen molar-refractivity contribution < 1.29 is 30.3 Å². The highest BCUT2D eigenvalue weighted by Gasteiger charge is 2.31. The van der Waals surface area contributed by atoms with Gasteiger partial charge < -0.3 is 29.8 Å². The average molecular weight is 326 g/mol. The van der Waals surface area contributed by atoms with Crippen molar-refractivity contribution in [3.05, 3.63) is 40.8 Å². The van der Waals surface area contributed by atoms with Crippen LogP contribution in [0.5, 0.6) is 0 Å². The Bertz CT molecular complexity index is 769. The first-order valence-electron chi connectivity index (χ1n) is 7.21. The van der Waals surface area contributed by atoms with E-state index < -0.39 is 36.7 Å². The third kappa shape index (κ3) is 3.92. The Morgan fingerprint density at radius 1 is 1.26 bits per heavy atom. The molecular weight excluding hydrogens is 309 g/mol. The molecule has 0 spiro atoms. The van der Waals surface area contributed by atoms with E-state index in [0.717, 1.165) is 0 Å². The van der Waals surface area contributed by atoms with E-state index in [1.54, 1.807) is 0 Å². The number of aliphatic hydroxyl groups is 3. The molecule has 1 heterocycles. The molecular formula is C15H16FNO6. The van der Waals surface area contributed by atoms with Crippen molar-refractivity contribution in [3.63, 3.8) is 0 Å². The normalized spacial score (nSPS) is 17.1. The van der Waals surface area contributed by atoms with Crippen molar-refractivity contribution in [1.82, 2.24) is 0 Å². The lowest BCUT2D eigenvalue weighted by molar-refractivity contribution is -0.116. The number of carbonyl (C=O) groups excluding carboxylic acids is 1. The van der Waals surface area contributed by atoms with Crippen LogP contribution in [-0.4, -0.2) is 52.6 Å². The maximum atomic E-state index is 12.4. The van der Waals surface area contributed by atoms with Gasteiger partial charge in [0.05, 0.1) is 0 Å². The van der Waals surface area contributed by atoms with E-state index in [2.05, 4.69) is 0 Å². The van der Waals surface area contributed by atoms with Gasteiger partial charge in [0.25, 0.3) is 0 Å². The minimum absolute atomic E-state index is 0.0925. The predicted molar refractivity (Wildman–Crippen MR) is 80.0 cm³/mol. The quantitative estimate of drug-likeness (QED) is 0.412. The molecule has 0 saturated heterocycles. The molecule has 4 N–H and O–H groups in total. The summed E-state index contributed by atoms with van der Waals surface area (Å²) in [5.74, 6) is 0. The van der Waals surface area contributed by atoms with Crippen molar-refractivity contribution in [3.8, 4) is 0 Å². The van der Waals surface area contributed by atoms with Gasteiger partial charge in [-0.15, -0.1) is 0 Å². The number of rotatable bonds is 7. The van der Waals surface area contributed by atoms with Gasteiger partial charge in [0.1, 0.15) is 42.9 Å². The van der Waals surface area contributed by atoms with Gasteiger partial charge in [-0.2, -0.15) is 0 Å². The fourth-order valence-electron chi connectivity index (χ4n) is 2.01. The van der Waals surface area contributed by atoms with Gasteiger partial charge in [-0.25, -0.2) is 9.18 Å². The summed E-state index contributed by atoms with van der Waals surface area (Å²) in [6.07, 6.45) is -5.54. The molecule has 23 heavy (non-hydrogen) atoms. The molecule has 7 nitrogen and oxygen atoms in total. The second-order valence-corrected chi connectivity index (χ2v) is 4.94. The fourth-order valence-corrected chi connectivity index (χ4v) is 2.01. The third-order valence-corrected chi connectivity index (χ3v) is 3.30. The highest BCUT2D eigenvalue weighted by molar-refractivity contribution is 5.81. The van der Waals surface area contributed by atoms with Gasteiger partial charge >= 0.3 is 5.63 Å². The number of halogens is 1. The molecule has 2 aromatic rings. The second kappa shape index (κ2) is 7.32. The summed E-state index contributed by atoms with van der Waals surface area (Å²) in [5.41, 5.74) is -0.333. The van der Waals surface area contributed by atoms with E-state index in [1.807, 2.05) is 0 Å². The Morgan fingerprint density at radius 2 is 1.96 bits per heavy atom. The van der Waals surface area contributed by atoms with Gasteiger partial charge in [0.2, 0.25) is 0 Å². The second-order valence-electron chi connectivity index (χ2n) is 4.94. The zero-order valence-corrected chi connectivity index (χ0v) is 11.9. The molecule has 0 saturated carbocycles. The first-order chi connectivity index (χ1) is 11.4. The van der Waals surface area contributed by atoms with Crippen molar-refractivity contribution >= 4 is 22.9 Å². The van der Waals surface area contributed by atoms with Gasteiger partial charge in [-0.05, 0) is 18.2 Å². The zero-order chi connectivity index (χ0) is 17.9. The van der Waals surface area contributed by atoms with Crippen molar-refractivity contribution in [1.29, 1.82) is 0 Å². The molecule has 1 aromatic carbocycles. The summed E-state index contributed by atoms with van der Waals surface area (Å²) in [7, 11) is 0. The van der Waals surface area contributed by atoms with Crippen LogP contribution in [0, 0.1) is 0 Å². The van der Waals surface area contributed by atoms with E-state index in [-0.39, 0.29) is 17.6 Å². The van der Waals surface area contributed by atoms with Crippen LogP contribution >= 0.6 is 0 Å². The largest absolute Gasteiger partial charge is 0.423 e. The highest BCUT2D eigenvalue weighted by atomic mass is 19.1. The maximum Gasteiger partial charge on any atom is 0.336 e. The molecule has 0 radical (unpaired) electrons. The molecule has 0 bridgehead atoms. The van der Waals surface area contributed by atoms with Gasteiger partial charge in [0.15, 0.2) is 1.41 Å². The summed E-state index contributed by atoms with van der Waals surface area (Å²) >= 11 is 0. The molecule has 2 rings (SSSR count). The fraction of sp³-hybridized carbons (Fsp3) is 0.333. The lowest BCUT2D eigenvalue weighted by Gasteiger charge is -2.26. The Hall–Kier alpha value is -2.29. The average Bonchev–Trinajstić information content (AvgIpc) is 2.59. The van der Waals surface area contributed by atoms with Crippen LogP contribution in [0.3, 0.4) is 0 Å². The molecule has 0 aliphatic heterocycles. The van der Waals surface area contributed by atoms with Crippen molar-refractivity contribution in [2.75, 3.05) is 12.0 Å². The van der Waals surface area contributed by atoms with Crippen LogP contribution in [-0.2, 0) is 4.79 Å². The van der Waals surface area contributed by atoms with Gasteiger partial charge in [-0.1, -0.05) is 0 Å². The van der Waals surface area contributed by atoms with Crippen LogP contribution in [0.1, 0.15) is 0 Å². The molecule has 0 unspecified atom stereocenters.